The molecule has 29 heavy (non-hydrogen) atoms. The van der Waals surface area contributed by atoms with Crippen LogP contribution in [0.1, 0.15) is 24.5 Å². The number of rotatable bonds is 6. The predicted octanol–water partition coefficient (Wildman–Crippen LogP) is 2.37. The number of benzene rings is 2. The summed E-state index contributed by atoms with van der Waals surface area (Å²) in [6.45, 7) is 5.30. The minimum Gasteiger partial charge on any atom is -0.452 e. The lowest BCUT2D eigenvalue weighted by Crippen LogP contribution is -2.31. The fourth-order valence-electron chi connectivity index (χ4n) is 2.91. The van der Waals surface area contributed by atoms with Crippen molar-refractivity contribution in [2.45, 2.75) is 39.8 Å². The molecule has 0 saturated heterocycles. The Kier molecular flexibility index (Phi) is 6.01. The van der Waals surface area contributed by atoms with Crippen molar-refractivity contribution in [3.8, 4) is 0 Å². The number of aryl methyl sites for hydroxylation is 3. The summed E-state index contributed by atoms with van der Waals surface area (Å²) in [5.41, 5.74) is 2.72. The van der Waals surface area contributed by atoms with Crippen molar-refractivity contribution < 1.29 is 14.3 Å². The van der Waals surface area contributed by atoms with Gasteiger partial charge in [0, 0.05) is 5.69 Å². The van der Waals surface area contributed by atoms with E-state index in [-0.39, 0.29) is 18.5 Å². The van der Waals surface area contributed by atoms with Gasteiger partial charge in [0.15, 0.2) is 6.10 Å². The second-order valence-electron chi connectivity index (χ2n) is 6.77. The number of hydrogen-bond acceptors (Lipinski definition) is 6. The zero-order chi connectivity index (χ0) is 21.0. The molecule has 1 aromatic heterocycles. The molecule has 1 N–H and O–H groups in total. The van der Waals surface area contributed by atoms with Gasteiger partial charge in [-0.25, -0.2) is 4.68 Å². The van der Waals surface area contributed by atoms with Crippen molar-refractivity contribution in [1.82, 2.24) is 15.0 Å². The summed E-state index contributed by atoms with van der Waals surface area (Å²) in [5, 5.41) is 11.0. The molecule has 1 atom stereocenters. The average Bonchev–Trinajstić information content (AvgIpc) is 2.70. The van der Waals surface area contributed by atoms with Crippen LogP contribution in [0.4, 0.5) is 5.69 Å². The molecular formula is C21H22N4O4. The molecule has 0 saturated carbocycles. The van der Waals surface area contributed by atoms with Gasteiger partial charge in [-0.2, -0.15) is 0 Å². The standard InChI is InChI=1S/C21H22N4O4/c1-13-7-6-8-14(2)19(13)22-20(27)15(3)29-18(26)11-12-25-21(28)16-9-4-5-10-17(16)23-24-25/h4-10,15H,11-12H2,1-3H3,(H,22,27). The smallest absolute Gasteiger partial charge is 0.308 e. The molecule has 3 rings (SSSR count). The lowest BCUT2D eigenvalue weighted by atomic mass is 10.1. The second-order valence-corrected chi connectivity index (χ2v) is 6.77. The lowest BCUT2D eigenvalue weighted by molar-refractivity contribution is -0.153. The van der Waals surface area contributed by atoms with Crippen LogP contribution in [-0.2, 0) is 20.9 Å². The molecule has 0 spiro atoms. The monoisotopic (exact) mass is 394 g/mol. The predicted molar refractivity (Wildman–Crippen MR) is 109 cm³/mol. The lowest BCUT2D eigenvalue weighted by Gasteiger charge is -2.16. The number of anilines is 1. The number of aromatic nitrogens is 3. The Balaban J connectivity index is 1.58. The molecule has 0 aliphatic rings. The van der Waals surface area contributed by atoms with Crippen molar-refractivity contribution >= 4 is 28.5 Å². The van der Waals surface area contributed by atoms with Crippen molar-refractivity contribution in [3.63, 3.8) is 0 Å². The summed E-state index contributed by atoms with van der Waals surface area (Å²) in [6.07, 6.45) is -1.07. The maximum Gasteiger partial charge on any atom is 0.308 e. The number of esters is 1. The first-order chi connectivity index (χ1) is 13.9. The van der Waals surface area contributed by atoms with E-state index in [2.05, 4.69) is 15.6 Å². The van der Waals surface area contributed by atoms with Gasteiger partial charge in [0.1, 0.15) is 5.52 Å². The van der Waals surface area contributed by atoms with Crippen LogP contribution in [0.2, 0.25) is 0 Å². The number of nitrogens with zero attached hydrogens (tertiary/aromatic N) is 3. The number of amides is 1. The second kappa shape index (κ2) is 8.64. The summed E-state index contributed by atoms with van der Waals surface area (Å²) in [5.74, 6) is -1.02. The highest BCUT2D eigenvalue weighted by Crippen LogP contribution is 2.19. The molecule has 1 unspecified atom stereocenters. The van der Waals surface area contributed by atoms with Crippen LogP contribution in [0, 0.1) is 13.8 Å². The Morgan fingerprint density at radius 1 is 1.10 bits per heavy atom. The molecule has 8 heteroatoms. The fraction of sp³-hybridized carbons (Fsp3) is 0.286. The summed E-state index contributed by atoms with van der Waals surface area (Å²) in [4.78, 5) is 36.9. The fourth-order valence-corrected chi connectivity index (χ4v) is 2.91. The molecule has 0 bridgehead atoms. The molecule has 0 fully saturated rings. The molecule has 2 aromatic carbocycles. The summed E-state index contributed by atoms with van der Waals surface area (Å²) < 4.78 is 6.31. The Morgan fingerprint density at radius 3 is 2.52 bits per heavy atom. The minimum atomic E-state index is -0.971. The van der Waals surface area contributed by atoms with E-state index >= 15 is 0 Å². The van der Waals surface area contributed by atoms with E-state index in [0.717, 1.165) is 15.8 Å². The SMILES string of the molecule is Cc1cccc(C)c1NC(=O)C(C)OC(=O)CCn1nnc2ccccc2c1=O. The number of hydrogen-bond donors (Lipinski definition) is 1. The molecule has 1 amide bonds. The van der Waals surface area contributed by atoms with E-state index in [0.29, 0.717) is 16.6 Å². The minimum absolute atomic E-state index is 0.0146. The van der Waals surface area contributed by atoms with Crippen molar-refractivity contribution in [2.24, 2.45) is 0 Å². The number of para-hydroxylation sites is 1. The Hall–Kier alpha value is -3.55. The topological polar surface area (TPSA) is 103 Å². The van der Waals surface area contributed by atoms with Crippen molar-refractivity contribution in [2.75, 3.05) is 5.32 Å². The molecule has 3 aromatic rings. The first-order valence-electron chi connectivity index (χ1n) is 9.26. The highest BCUT2D eigenvalue weighted by atomic mass is 16.5. The van der Waals surface area contributed by atoms with Crippen LogP contribution in [0.15, 0.2) is 47.3 Å². The third-order valence-electron chi connectivity index (χ3n) is 4.56. The number of carbonyl (C=O) groups excluding carboxylic acids is 2. The van der Waals surface area contributed by atoms with Gasteiger partial charge in [0.2, 0.25) is 0 Å². The quantitative estimate of drug-likeness (QED) is 0.644. The maximum absolute atomic E-state index is 12.4. The van der Waals surface area contributed by atoms with Gasteiger partial charge in [-0.3, -0.25) is 14.4 Å². The number of carbonyl (C=O) groups is 2. The summed E-state index contributed by atoms with van der Waals surface area (Å²) in [7, 11) is 0. The first-order valence-corrected chi connectivity index (χ1v) is 9.26. The van der Waals surface area contributed by atoms with Crippen LogP contribution in [0.3, 0.4) is 0 Å². The van der Waals surface area contributed by atoms with Gasteiger partial charge in [-0.15, -0.1) is 5.10 Å². The number of ether oxygens (including phenoxy) is 1. The van der Waals surface area contributed by atoms with Crippen molar-refractivity contribution in [1.29, 1.82) is 0 Å². The van der Waals surface area contributed by atoms with E-state index in [4.69, 9.17) is 4.74 Å². The molecule has 150 valence electrons. The zero-order valence-corrected chi connectivity index (χ0v) is 16.5. The molecule has 0 radical (unpaired) electrons. The van der Waals surface area contributed by atoms with Crippen LogP contribution in [0.25, 0.3) is 10.9 Å². The Morgan fingerprint density at radius 2 is 1.79 bits per heavy atom. The summed E-state index contributed by atoms with van der Waals surface area (Å²) in [6, 6.07) is 12.5. The van der Waals surface area contributed by atoms with Gasteiger partial charge in [-0.05, 0) is 44.0 Å². The van der Waals surface area contributed by atoms with Gasteiger partial charge in [-0.1, -0.05) is 35.5 Å². The average molecular weight is 394 g/mol. The molecule has 0 aliphatic carbocycles. The van der Waals surface area contributed by atoms with Crippen LogP contribution >= 0.6 is 0 Å². The van der Waals surface area contributed by atoms with Gasteiger partial charge in [0.05, 0.1) is 18.4 Å². The summed E-state index contributed by atoms with van der Waals surface area (Å²) >= 11 is 0. The largest absolute Gasteiger partial charge is 0.452 e. The molecule has 0 aliphatic heterocycles. The van der Waals surface area contributed by atoms with Crippen LogP contribution in [-0.4, -0.2) is 33.0 Å². The first kappa shape index (κ1) is 20.2. The molecule has 8 nitrogen and oxygen atoms in total. The molecule has 1 heterocycles. The highest BCUT2D eigenvalue weighted by molar-refractivity contribution is 5.96. The van der Waals surface area contributed by atoms with Crippen LogP contribution in [0.5, 0.6) is 0 Å². The zero-order valence-electron chi connectivity index (χ0n) is 16.5. The Bertz CT molecular complexity index is 1100. The Labute approximate surface area is 167 Å². The van der Waals surface area contributed by atoms with Crippen LogP contribution < -0.4 is 10.9 Å². The third kappa shape index (κ3) is 4.66. The van der Waals surface area contributed by atoms with E-state index in [1.54, 1.807) is 24.3 Å². The maximum atomic E-state index is 12.4. The van der Waals surface area contributed by atoms with Crippen molar-refractivity contribution in [3.05, 3.63) is 63.9 Å². The number of fused-ring (bicyclic) bond motifs is 1. The normalized spacial score (nSPS) is 11.8. The van der Waals surface area contributed by atoms with Gasteiger partial charge < -0.3 is 10.1 Å². The third-order valence-corrected chi connectivity index (χ3v) is 4.56. The van der Waals surface area contributed by atoms with Gasteiger partial charge in [0.25, 0.3) is 11.5 Å². The van der Waals surface area contributed by atoms with E-state index in [1.807, 2.05) is 32.0 Å². The number of nitrogens with one attached hydrogen (secondary N) is 1. The van der Waals surface area contributed by atoms with E-state index < -0.39 is 18.0 Å². The molecular weight excluding hydrogens is 372 g/mol. The van der Waals surface area contributed by atoms with Gasteiger partial charge >= 0.3 is 5.97 Å². The highest BCUT2D eigenvalue weighted by Gasteiger charge is 2.19. The van der Waals surface area contributed by atoms with E-state index in [1.165, 1.54) is 6.92 Å². The van der Waals surface area contributed by atoms with E-state index in [9.17, 15) is 14.4 Å².